The maximum Gasteiger partial charge on any atom is 0.269 e. The lowest BCUT2D eigenvalue weighted by Gasteiger charge is -2.22. The van der Waals surface area contributed by atoms with Crippen molar-refractivity contribution in [1.29, 1.82) is 0 Å². The van der Waals surface area contributed by atoms with Gasteiger partial charge in [-0.05, 0) is 31.0 Å². The van der Waals surface area contributed by atoms with Gasteiger partial charge in [-0.3, -0.25) is 10.1 Å². The fourth-order valence-electron chi connectivity index (χ4n) is 2.25. The van der Waals surface area contributed by atoms with Gasteiger partial charge in [0, 0.05) is 29.1 Å². The van der Waals surface area contributed by atoms with E-state index in [0.29, 0.717) is 0 Å². The van der Waals surface area contributed by atoms with Crippen LogP contribution >= 0.6 is 22.9 Å². The molecule has 1 aromatic carbocycles. The normalized spacial score (nSPS) is 13.9. The summed E-state index contributed by atoms with van der Waals surface area (Å²) in [5.41, 5.74) is 1.06. The topological polar surface area (TPSA) is 55.2 Å². The third-order valence-electron chi connectivity index (χ3n) is 3.36. The molecule has 0 spiro atoms. The van der Waals surface area contributed by atoms with E-state index in [1.807, 2.05) is 18.2 Å². The first-order valence-corrected chi connectivity index (χ1v) is 7.96. The Morgan fingerprint density at radius 1 is 1.38 bits per heavy atom. The molecule has 0 fully saturated rings. The minimum absolute atomic E-state index is 0.0702. The van der Waals surface area contributed by atoms with E-state index in [-0.39, 0.29) is 22.7 Å². The Labute approximate surface area is 132 Å². The molecule has 1 N–H and O–H groups in total. The van der Waals surface area contributed by atoms with E-state index in [4.69, 9.17) is 11.6 Å². The number of benzene rings is 1. The number of halogens is 1. The molecule has 1 aromatic heterocycles. The standard InChI is InChI=1S/C15H17ClN2O2S/c1-3-13(11-5-4-6-12(9-11)18(19)20)17-10(2)14-7-8-15(16)21-14/h4-10,13,17H,3H2,1-2H3. The Hall–Kier alpha value is -1.43. The summed E-state index contributed by atoms with van der Waals surface area (Å²) in [6.07, 6.45) is 0.852. The van der Waals surface area contributed by atoms with Crippen molar-refractivity contribution in [2.24, 2.45) is 0 Å². The number of hydrogen-bond acceptors (Lipinski definition) is 4. The van der Waals surface area contributed by atoms with Crippen LogP contribution in [-0.4, -0.2) is 4.92 Å². The molecule has 1 heterocycles. The first-order valence-electron chi connectivity index (χ1n) is 6.77. The summed E-state index contributed by atoms with van der Waals surface area (Å²) in [5.74, 6) is 0. The van der Waals surface area contributed by atoms with Gasteiger partial charge < -0.3 is 5.32 Å². The number of nitro groups is 1. The summed E-state index contributed by atoms with van der Waals surface area (Å²) in [7, 11) is 0. The Bertz CT molecular complexity index is 630. The lowest BCUT2D eigenvalue weighted by Crippen LogP contribution is -2.23. The number of non-ortho nitro benzene ring substituents is 1. The van der Waals surface area contributed by atoms with Crippen molar-refractivity contribution in [1.82, 2.24) is 5.32 Å². The minimum atomic E-state index is -0.362. The number of rotatable bonds is 6. The second kappa shape index (κ2) is 7.02. The summed E-state index contributed by atoms with van der Waals surface area (Å²) >= 11 is 7.51. The van der Waals surface area contributed by atoms with Crippen LogP contribution in [0.1, 0.15) is 42.8 Å². The molecule has 0 saturated carbocycles. The Kier molecular flexibility index (Phi) is 5.33. The third-order valence-corrected chi connectivity index (χ3v) is 4.78. The Morgan fingerprint density at radius 2 is 2.14 bits per heavy atom. The van der Waals surface area contributed by atoms with Crippen LogP contribution < -0.4 is 5.32 Å². The van der Waals surface area contributed by atoms with Crippen molar-refractivity contribution in [3.63, 3.8) is 0 Å². The molecule has 2 aromatic rings. The predicted octanol–water partition coefficient (Wildman–Crippen LogP) is 5.11. The van der Waals surface area contributed by atoms with Gasteiger partial charge in [-0.1, -0.05) is 30.7 Å². The highest BCUT2D eigenvalue weighted by atomic mass is 35.5. The van der Waals surface area contributed by atoms with Crippen LogP contribution in [0.15, 0.2) is 36.4 Å². The zero-order valence-corrected chi connectivity index (χ0v) is 13.4. The molecule has 21 heavy (non-hydrogen) atoms. The number of nitro benzene ring substituents is 1. The number of nitrogens with zero attached hydrogens (tertiary/aromatic N) is 1. The molecule has 0 aliphatic rings. The first kappa shape index (κ1) is 15.9. The molecule has 0 aliphatic heterocycles. The summed E-state index contributed by atoms with van der Waals surface area (Å²) < 4.78 is 0.766. The monoisotopic (exact) mass is 324 g/mol. The van der Waals surface area contributed by atoms with Crippen LogP contribution in [0.5, 0.6) is 0 Å². The van der Waals surface area contributed by atoms with E-state index < -0.39 is 0 Å². The van der Waals surface area contributed by atoms with Crippen molar-refractivity contribution >= 4 is 28.6 Å². The van der Waals surface area contributed by atoms with Crippen molar-refractivity contribution in [2.45, 2.75) is 32.4 Å². The molecule has 4 nitrogen and oxygen atoms in total. The van der Waals surface area contributed by atoms with Crippen molar-refractivity contribution in [2.75, 3.05) is 0 Å². The molecule has 2 atom stereocenters. The molecule has 0 aliphatic carbocycles. The van der Waals surface area contributed by atoms with E-state index >= 15 is 0 Å². The van der Waals surface area contributed by atoms with Gasteiger partial charge >= 0.3 is 0 Å². The Balaban J connectivity index is 2.16. The smallest absolute Gasteiger partial charge is 0.269 e. The fraction of sp³-hybridized carbons (Fsp3) is 0.333. The lowest BCUT2D eigenvalue weighted by atomic mass is 10.0. The van der Waals surface area contributed by atoms with E-state index in [1.54, 1.807) is 23.5 Å². The first-order chi connectivity index (χ1) is 10.0. The van der Waals surface area contributed by atoms with Crippen LogP contribution in [0.4, 0.5) is 5.69 Å². The molecule has 0 amide bonds. The quantitative estimate of drug-likeness (QED) is 0.593. The Morgan fingerprint density at radius 3 is 2.71 bits per heavy atom. The van der Waals surface area contributed by atoms with Crippen LogP contribution in [-0.2, 0) is 0 Å². The van der Waals surface area contributed by atoms with Gasteiger partial charge in [0.2, 0.25) is 0 Å². The van der Waals surface area contributed by atoms with E-state index in [1.165, 1.54) is 6.07 Å². The zero-order valence-electron chi connectivity index (χ0n) is 11.9. The van der Waals surface area contributed by atoms with Gasteiger partial charge in [0.15, 0.2) is 0 Å². The average molecular weight is 325 g/mol. The molecule has 0 saturated heterocycles. The second-order valence-electron chi connectivity index (χ2n) is 4.84. The van der Waals surface area contributed by atoms with E-state index in [2.05, 4.69) is 19.2 Å². The SMILES string of the molecule is CCC(NC(C)c1ccc(Cl)s1)c1cccc([N+](=O)[O-])c1. The number of thiophene rings is 1. The average Bonchev–Trinajstić information content (AvgIpc) is 2.91. The highest BCUT2D eigenvalue weighted by molar-refractivity contribution is 7.16. The third kappa shape index (κ3) is 4.03. The van der Waals surface area contributed by atoms with Gasteiger partial charge in [-0.15, -0.1) is 11.3 Å². The second-order valence-corrected chi connectivity index (χ2v) is 6.59. The van der Waals surface area contributed by atoms with Crippen LogP contribution in [0.3, 0.4) is 0 Å². The van der Waals surface area contributed by atoms with Gasteiger partial charge in [0.1, 0.15) is 0 Å². The van der Waals surface area contributed by atoms with Crippen molar-refractivity contribution < 1.29 is 4.92 Å². The highest BCUT2D eigenvalue weighted by Crippen LogP contribution is 2.30. The van der Waals surface area contributed by atoms with Gasteiger partial charge in [-0.25, -0.2) is 0 Å². The number of nitrogens with one attached hydrogen (secondary N) is 1. The number of hydrogen-bond donors (Lipinski definition) is 1. The molecular formula is C15H17ClN2O2S. The van der Waals surface area contributed by atoms with Gasteiger partial charge in [0.05, 0.1) is 9.26 Å². The molecule has 2 rings (SSSR count). The molecular weight excluding hydrogens is 308 g/mol. The summed E-state index contributed by atoms with van der Waals surface area (Å²) in [6, 6.07) is 10.9. The van der Waals surface area contributed by atoms with Gasteiger partial charge in [0.25, 0.3) is 5.69 Å². The maximum atomic E-state index is 10.9. The highest BCUT2D eigenvalue weighted by Gasteiger charge is 2.17. The maximum absolute atomic E-state index is 10.9. The summed E-state index contributed by atoms with van der Waals surface area (Å²) in [5, 5.41) is 14.4. The molecule has 0 bridgehead atoms. The van der Waals surface area contributed by atoms with Crippen LogP contribution in [0, 0.1) is 10.1 Å². The molecule has 112 valence electrons. The lowest BCUT2D eigenvalue weighted by molar-refractivity contribution is -0.384. The molecule has 6 heteroatoms. The minimum Gasteiger partial charge on any atom is -0.303 e. The molecule has 0 radical (unpaired) electrons. The van der Waals surface area contributed by atoms with Crippen LogP contribution in [0.25, 0.3) is 0 Å². The van der Waals surface area contributed by atoms with Crippen LogP contribution in [0.2, 0.25) is 4.34 Å². The van der Waals surface area contributed by atoms with E-state index in [0.717, 1.165) is 21.2 Å². The predicted molar refractivity (Wildman–Crippen MR) is 87.0 cm³/mol. The zero-order chi connectivity index (χ0) is 15.4. The largest absolute Gasteiger partial charge is 0.303 e. The summed E-state index contributed by atoms with van der Waals surface area (Å²) in [6.45, 7) is 4.13. The fourth-order valence-corrected chi connectivity index (χ4v) is 3.32. The van der Waals surface area contributed by atoms with Crippen molar-refractivity contribution in [3.05, 3.63) is 61.3 Å². The van der Waals surface area contributed by atoms with Crippen molar-refractivity contribution in [3.8, 4) is 0 Å². The van der Waals surface area contributed by atoms with E-state index in [9.17, 15) is 10.1 Å². The summed E-state index contributed by atoms with van der Waals surface area (Å²) in [4.78, 5) is 11.7. The van der Waals surface area contributed by atoms with Gasteiger partial charge in [-0.2, -0.15) is 0 Å². The molecule has 2 unspecified atom stereocenters.